The topological polar surface area (TPSA) is 58.4 Å². The molecule has 1 aliphatic carbocycles. The second-order valence-corrected chi connectivity index (χ2v) is 6.16. The summed E-state index contributed by atoms with van der Waals surface area (Å²) in [6.07, 6.45) is 5.44. The third-order valence-electron chi connectivity index (χ3n) is 4.13. The third kappa shape index (κ3) is 3.13. The largest absolute Gasteiger partial charge is 0.393 e. The van der Waals surface area contributed by atoms with Crippen molar-refractivity contribution in [1.82, 2.24) is 10.2 Å². The molecule has 1 saturated carbocycles. The molecule has 0 spiro atoms. The van der Waals surface area contributed by atoms with Crippen LogP contribution in [0.4, 0.5) is 4.79 Å². The Labute approximate surface area is 114 Å². The quantitative estimate of drug-likeness (QED) is 0.753. The van der Waals surface area contributed by atoms with Crippen LogP contribution < -0.4 is 11.1 Å². The number of carbonyl (C=O) groups is 1. The van der Waals surface area contributed by atoms with Crippen LogP contribution in [0.25, 0.3) is 0 Å². The molecule has 0 radical (unpaired) electrons. The highest BCUT2D eigenvalue weighted by atomic mass is 32.1. The average Bonchev–Trinajstić information content (AvgIpc) is 2.77. The van der Waals surface area contributed by atoms with Crippen LogP contribution >= 0.6 is 12.2 Å². The lowest BCUT2D eigenvalue weighted by Gasteiger charge is -2.32. The second kappa shape index (κ2) is 5.87. The minimum atomic E-state index is 0.0645. The summed E-state index contributed by atoms with van der Waals surface area (Å²) >= 11 is 5.07. The van der Waals surface area contributed by atoms with E-state index in [1.165, 1.54) is 6.42 Å². The maximum atomic E-state index is 12.2. The summed E-state index contributed by atoms with van der Waals surface area (Å²) in [5.41, 5.74) is 5.73. The van der Waals surface area contributed by atoms with Crippen molar-refractivity contribution in [3.63, 3.8) is 0 Å². The van der Waals surface area contributed by atoms with E-state index in [1.807, 2.05) is 4.90 Å². The predicted octanol–water partition coefficient (Wildman–Crippen LogP) is 1.88. The Morgan fingerprint density at radius 3 is 2.78 bits per heavy atom. The summed E-state index contributed by atoms with van der Waals surface area (Å²) in [7, 11) is 0. The Bertz CT molecular complexity index is 334. The van der Waals surface area contributed by atoms with Gasteiger partial charge in [-0.2, -0.15) is 0 Å². The zero-order valence-corrected chi connectivity index (χ0v) is 11.8. The standard InChI is InChI=1S/C13H23N3OS/c1-9-4-3-7-16(8-9)13(17)15-11-6-2-5-10(11)12(14)18/h9-11H,2-8H2,1H3,(H2,14,18)(H,15,17). The molecule has 5 heteroatoms. The van der Waals surface area contributed by atoms with Crippen LogP contribution in [0.15, 0.2) is 0 Å². The lowest BCUT2D eigenvalue weighted by atomic mass is 10.0. The molecular formula is C13H23N3OS. The molecule has 1 saturated heterocycles. The molecule has 3 N–H and O–H groups in total. The summed E-state index contributed by atoms with van der Waals surface area (Å²) in [6, 6.07) is 0.210. The van der Waals surface area contributed by atoms with Crippen LogP contribution in [-0.4, -0.2) is 35.1 Å². The van der Waals surface area contributed by atoms with Gasteiger partial charge in [-0.05, 0) is 31.6 Å². The zero-order chi connectivity index (χ0) is 13.1. The number of hydrogen-bond donors (Lipinski definition) is 2. The van der Waals surface area contributed by atoms with Gasteiger partial charge in [-0.1, -0.05) is 25.6 Å². The zero-order valence-electron chi connectivity index (χ0n) is 11.0. The van der Waals surface area contributed by atoms with Crippen molar-refractivity contribution in [3.8, 4) is 0 Å². The highest BCUT2D eigenvalue weighted by molar-refractivity contribution is 7.80. The molecule has 2 amide bonds. The molecule has 0 aromatic heterocycles. The number of nitrogens with zero attached hydrogens (tertiary/aromatic N) is 1. The number of likely N-dealkylation sites (tertiary alicyclic amines) is 1. The van der Waals surface area contributed by atoms with Gasteiger partial charge < -0.3 is 16.0 Å². The Morgan fingerprint density at radius 1 is 1.33 bits per heavy atom. The second-order valence-electron chi connectivity index (χ2n) is 5.69. The molecule has 0 bridgehead atoms. The van der Waals surface area contributed by atoms with Gasteiger partial charge in [0, 0.05) is 25.0 Å². The number of hydrogen-bond acceptors (Lipinski definition) is 2. The van der Waals surface area contributed by atoms with Gasteiger partial charge >= 0.3 is 6.03 Å². The van der Waals surface area contributed by atoms with Gasteiger partial charge in [-0.15, -0.1) is 0 Å². The summed E-state index contributed by atoms with van der Waals surface area (Å²) in [4.78, 5) is 14.7. The minimum absolute atomic E-state index is 0.0645. The van der Waals surface area contributed by atoms with Crippen LogP contribution in [0.1, 0.15) is 39.0 Å². The average molecular weight is 269 g/mol. The number of carbonyl (C=O) groups excluding carboxylic acids is 1. The molecule has 3 unspecified atom stereocenters. The first kappa shape index (κ1) is 13.6. The van der Waals surface area contributed by atoms with Crippen molar-refractivity contribution in [2.75, 3.05) is 13.1 Å². The summed E-state index contributed by atoms with van der Waals surface area (Å²) in [5, 5.41) is 3.12. The minimum Gasteiger partial charge on any atom is -0.393 e. The maximum absolute atomic E-state index is 12.2. The number of nitrogens with two attached hydrogens (primary N) is 1. The summed E-state index contributed by atoms with van der Waals surface area (Å²) in [6.45, 7) is 3.95. The van der Waals surface area contributed by atoms with Crippen LogP contribution in [0.5, 0.6) is 0 Å². The molecule has 1 aliphatic heterocycles. The molecule has 102 valence electrons. The van der Waals surface area contributed by atoms with Gasteiger partial charge in [-0.3, -0.25) is 0 Å². The van der Waals surface area contributed by atoms with Gasteiger partial charge in [0.15, 0.2) is 0 Å². The summed E-state index contributed by atoms with van der Waals surface area (Å²) in [5.74, 6) is 0.797. The summed E-state index contributed by atoms with van der Waals surface area (Å²) < 4.78 is 0. The monoisotopic (exact) mass is 269 g/mol. The van der Waals surface area contributed by atoms with Gasteiger partial charge in [0.25, 0.3) is 0 Å². The Kier molecular flexibility index (Phi) is 4.43. The Morgan fingerprint density at radius 2 is 2.11 bits per heavy atom. The number of urea groups is 1. The van der Waals surface area contributed by atoms with Crippen LogP contribution in [-0.2, 0) is 0 Å². The first-order valence-electron chi connectivity index (χ1n) is 6.92. The number of amides is 2. The Balaban J connectivity index is 1.88. The molecule has 18 heavy (non-hydrogen) atoms. The van der Waals surface area contributed by atoms with E-state index in [4.69, 9.17) is 18.0 Å². The molecule has 2 fully saturated rings. The fourth-order valence-electron chi connectivity index (χ4n) is 3.10. The number of nitrogens with one attached hydrogen (secondary N) is 1. The van der Waals surface area contributed by atoms with Gasteiger partial charge in [0.05, 0.1) is 4.99 Å². The van der Waals surface area contributed by atoms with Crippen LogP contribution in [0.2, 0.25) is 0 Å². The van der Waals surface area contributed by atoms with E-state index in [9.17, 15) is 4.79 Å². The van der Waals surface area contributed by atoms with Gasteiger partial charge in [0.1, 0.15) is 0 Å². The van der Waals surface area contributed by atoms with E-state index in [-0.39, 0.29) is 18.0 Å². The SMILES string of the molecule is CC1CCCN(C(=O)NC2CCCC2C(N)=S)C1. The van der Waals surface area contributed by atoms with Crippen LogP contribution in [0.3, 0.4) is 0 Å². The van der Waals surface area contributed by atoms with Crippen molar-refractivity contribution < 1.29 is 4.79 Å². The molecule has 0 aromatic rings. The Hall–Kier alpha value is -0.840. The first-order chi connectivity index (χ1) is 8.58. The smallest absolute Gasteiger partial charge is 0.317 e. The van der Waals surface area contributed by atoms with Crippen molar-refractivity contribution in [2.24, 2.45) is 17.6 Å². The number of thiocarbonyl (C=S) groups is 1. The molecule has 2 aliphatic rings. The van der Waals surface area contributed by atoms with E-state index in [2.05, 4.69) is 12.2 Å². The molecule has 0 aromatic carbocycles. The fraction of sp³-hybridized carbons (Fsp3) is 0.846. The highest BCUT2D eigenvalue weighted by Gasteiger charge is 2.32. The normalized spacial score (nSPS) is 32.3. The predicted molar refractivity (Wildman–Crippen MR) is 76.4 cm³/mol. The van der Waals surface area contributed by atoms with Crippen LogP contribution in [0, 0.1) is 11.8 Å². The van der Waals surface area contributed by atoms with Crippen molar-refractivity contribution in [3.05, 3.63) is 0 Å². The van der Waals surface area contributed by atoms with E-state index in [0.717, 1.165) is 38.8 Å². The van der Waals surface area contributed by atoms with E-state index < -0.39 is 0 Å². The van der Waals surface area contributed by atoms with E-state index in [1.54, 1.807) is 0 Å². The first-order valence-corrected chi connectivity index (χ1v) is 7.33. The number of piperidine rings is 1. The molecule has 4 nitrogen and oxygen atoms in total. The third-order valence-corrected chi connectivity index (χ3v) is 4.44. The fourth-order valence-corrected chi connectivity index (χ4v) is 3.38. The lowest BCUT2D eigenvalue weighted by molar-refractivity contribution is 0.165. The van der Waals surface area contributed by atoms with Crippen molar-refractivity contribution in [1.29, 1.82) is 0 Å². The molecule has 2 rings (SSSR count). The van der Waals surface area contributed by atoms with E-state index in [0.29, 0.717) is 10.9 Å². The number of rotatable bonds is 2. The maximum Gasteiger partial charge on any atom is 0.317 e. The van der Waals surface area contributed by atoms with Gasteiger partial charge in [0.2, 0.25) is 0 Å². The van der Waals surface area contributed by atoms with Crippen molar-refractivity contribution >= 4 is 23.2 Å². The highest BCUT2D eigenvalue weighted by Crippen LogP contribution is 2.26. The van der Waals surface area contributed by atoms with Crippen molar-refractivity contribution in [2.45, 2.75) is 45.1 Å². The molecule has 1 heterocycles. The van der Waals surface area contributed by atoms with Gasteiger partial charge in [-0.25, -0.2) is 4.79 Å². The lowest BCUT2D eigenvalue weighted by Crippen LogP contribution is -2.50. The van der Waals surface area contributed by atoms with E-state index >= 15 is 0 Å². The molecular weight excluding hydrogens is 246 g/mol. The molecule has 3 atom stereocenters.